The Hall–Kier alpha value is -1.81. The van der Waals surface area contributed by atoms with Gasteiger partial charge in [-0.3, -0.25) is 4.57 Å². The zero-order valence-electron chi connectivity index (χ0n) is 11.9. The van der Waals surface area contributed by atoms with Crippen molar-refractivity contribution in [3.63, 3.8) is 0 Å². The van der Waals surface area contributed by atoms with Crippen LogP contribution in [0.2, 0.25) is 0 Å². The molecular weight excluding hydrogens is 272 g/mol. The van der Waals surface area contributed by atoms with E-state index >= 15 is 0 Å². The van der Waals surface area contributed by atoms with Gasteiger partial charge in [0.05, 0.1) is 17.3 Å². The first-order chi connectivity index (χ1) is 9.67. The summed E-state index contributed by atoms with van der Waals surface area (Å²) in [6.07, 6.45) is 0.967. The fraction of sp³-hybridized carbons (Fsp3) is 0.333. The standard InChI is InChI=1S/C15H17ClN4/c1-4-11-7-5-6-8-12(11)20-13(9-16)17-14-10(2)18-19(3)15(14)20/h5-8H,4,9H2,1-3H3. The van der Waals surface area contributed by atoms with E-state index in [9.17, 15) is 0 Å². The molecule has 2 heterocycles. The van der Waals surface area contributed by atoms with Crippen molar-refractivity contribution >= 4 is 22.8 Å². The van der Waals surface area contributed by atoms with Gasteiger partial charge in [-0.15, -0.1) is 11.6 Å². The van der Waals surface area contributed by atoms with Gasteiger partial charge in [0.25, 0.3) is 0 Å². The Bertz CT molecular complexity index is 770. The maximum atomic E-state index is 6.10. The smallest absolute Gasteiger partial charge is 0.163 e. The Morgan fingerprint density at radius 3 is 2.70 bits per heavy atom. The van der Waals surface area contributed by atoms with Crippen LogP contribution in [0.5, 0.6) is 0 Å². The molecule has 2 aromatic heterocycles. The normalized spacial score (nSPS) is 11.4. The van der Waals surface area contributed by atoms with E-state index in [4.69, 9.17) is 11.6 Å². The van der Waals surface area contributed by atoms with Gasteiger partial charge in [0, 0.05) is 7.05 Å². The SMILES string of the molecule is CCc1ccccc1-n1c(CCl)nc2c(C)nn(C)c21. The minimum Gasteiger partial charge on any atom is -0.280 e. The average Bonchev–Trinajstić information content (AvgIpc) is 2.97. The molecule has 0 aliphatic carbocycles. The predicted molar refractivity (Wildman–Crippen MR) is 81.5 cm³/mol. The van der Waals surface area contributed by atoms with Crippen molar-refractivity contribution in [3.8, 4) is 5.69 Å². The molecule has 0 radical (unpaired) electrons. The highest BCUT2D eigenvalue weighted by molar-refractivity contribution is 6.17. The molecule has 0 atom stereocenters. The van der Waals surface area contributed by atoms with Crippen LogP contribution in [0, 0.1) is 6.92 Å². The van der Waals surface area contributed by atoms with Crippen LogP contribution in [-0.4, -0.2) is 19.3 Å². The van der Waals surface area contributed by atoms with Gasteiger partial charge in [0.15, 0.2) is 5.65 Å². The Morgan fingerprint density at radius 2 is 2.00 bits per heavy atom. The molecule has 1 aromatic carbocycles. The summed E-state index contributed by atoms with van der Waals surface area (Å²) in [4.78, 5) is 4.65. The van der Waals surface area contributed by atoms with E-state index in [1.165, 1.54) is 5.56 Å². The molecule has 3 rings (SSSR count). The number of imidazole rings is 1. The number of hydrogen-bond donors (Lipinski definition) is 0. The highest BCUT2D eigenvalue weighted by atomic mass is 35.5. The molecule has 0 unspecified atom stereocenters. The Morgan fingerprint density at radius 1 is 1.25 bits per heavy atom. The molecule has 0 amide bonds. The van der Waals surface area contributed by atoms with E-state index < -0.39 is 0 Å². The largest absolute Gasteiger partial charge is 0.280 e. The van der Waals surface area contributed by atoms with Gasteiger partial charge in [-0.25, -0.2) is 9.67 Å². The van der Waals surface area contributed by atoms with E-state index in [2.05, 4.69) is 39.8 Å². The lowest BCUT2D eigenvalue weighted by Gasteiger charge is -2.12. The van der Waals surface area contributed by atoms with Crippen molar-refractivity contribution in [1.29, 1.82) is 0 Å². The zero-order valence-corrected chi connectivity index (χ0v) is 12.6. The van der Waals surface area contributed by atoms with Crippen LogP contribution in [-0.2, 0) is 19.3 Å². The highest BCUT2D eigenvalue weighted by Crippen LogP contribution is 2.26. The van der Waals surface area contributed by atoms with Gasteiger partial charge in [0.1, 0.15) is 11.3 Å². The van der Waals surface area contributed by atoms with E-state index in [-0.39, 0.29) is 0 Å². The predicted octanol–water partition coefficient (Wildman–Crippen LogP) is 3.37. The molecule has 0 aliphatic heterocycles. The first-order valence-electron chi connectivity index (χ1n) is 6.72. The molecule has 3 aromatic rings. The molecule has 0 aliphatic rings. The number of aryl methyl sites for hydroxylation is 3. The fourth-order valence-electron chi connectivity index (χ4n) is 2.69. The van der Waals surface area contributed by atoms with Gasteiger partial charge in [-0.05, 0) is 25.0 Å². The third-order valence-corrected chi connectivity index (χ3v) is 3.84. The third-order valence-electron chi connectivity index (χ3n) is 3.60. The minimum absolute atomic E-state index is 0.381. The summed E-state index contributed by atoms with van der Waals surface area (Å²) in [6.45, 7) is 4.13. The summed E-state index contributed by atoms with van der Waals surface area (Å²) in [5, 5.41) is 4.46. The zero-order chi connectivity index (χ0) is 14.3. The average molecular weight is 289 g/mol. The molecule has 0 fully saturated rings. The first kappa shape index (κ1) is 13.2. The number of rotatable bonds is 3. The van der Waals surface area contributed by atoms with E-state index in [1.807, 2.05) is 24.7 Å². The van der Waals surface area contributed by atoms with Gasteiger partial charge in [-0.2, -0.15) is 5.10 Å². The second kappa shape index (κ2) is 4.94. The van der Waals surface area contributed by atoms with Crippen LogP contribution in [0.25, 0.3) is 16.9 Å². The van der Waals surface area contributed by atoms with Gasteiger partial charge in [-0.1, -0.05) is 25.1 Å². The molecule has 0 saturated heterocycles. The lowest BCUT2D eigenvalue weighted by Crippen LogP contribution is -2.06. The molecule has 0 saturated carbocycles. The second-order valence-electron chi connectivity index (χ2n) is 4.86. The summed E-state index contributed by atoms with van der Waals surface area (Å²) >= 11 is 6.10. The molecule has 20 heavy (non-hydrogen) atoms. The first-order valence-corrected chi connectivity index (χ1v) is 7.26. The maximum absolute atomic E-state index is 6.10. The lowest BCUT2D eigenvalue weighted by molar-refractivity contribution is 0.753. The fourth-order valence-corrected chi connectivity index (χ4v) is 2.87. The van der Waals surface area contributed by atoms with E-state index in [0.29, 0.717) is 5.88 Å². The van der Waals surface area contributed by atoms with Gasteiger partial charge in [0.2, 0.25) is 0 Å². The van der Waals surface area contributed by atoms with Gasteiger partial charge < -0.3 is 0 Å². The van der Waals surface area contributed by atoms with E-state index in [0.717, 1.165) is 34.8 Å². The third kappa shape index (κ3) is 1.83. The Kier molecular flexibility index (Phi) is 3.26. The quantitative estimate of drug-likeness (QED) is 0.693. The highest BCUT2D eigenvalue weighted by Gasteiger charge is 2.19. The van der Waals surface area contributed by atoms with Crippen LogP contribution in [0.4, 0.5) is 0 Å². The van der Waals surface area contributed by atoms with Crippen molar-refractivity contribution in [2.75, 3.05) is 0 Å². The summed E-state index contributed by atoms with van der Waals surface area (Å²) in [6, 6.07) is 8.35. The number of aromatic nitrogens is 4. The Balaban J connectivity index is 2.39. The van der Waals surface area contributed by atoms with Crippen LogP contribution < -0.4 is 0 Å². The molecular formula is C15H17ClN4. The Labute approximate surface area is 123 Å². The van der Waals surface area contributed by atoms with Crippen LogP contribution in [0.3, 0.4) is 0 Å². The molecule has 0 N–H and O–H groups in total. The summed E-state index contributed by atoms with van der Waals surface area (Å²) in [5.74, 6) is 1.24. The van der Waals surface area contributed by atoms with Crippen molar-refractivity contribution in [1.82, 2.24) is 19.3 Å². The molecule has 104 valence electrons. The van der Waals surface area contributed by atoms with Crippen molar-refractivity contribution in [3.05, 3.63) is 41.3 Å². The monoisotopic (exact) mass is 288 g/mol. The van der Waals surface area contributed by atoms with Crippen molar-refractivity contribution in [2.45, 2.75) is 26.1 Å². The number of halogens is 1. The maximum Gasteiger partial charge on any atom is 0.163 e. The van der Waals surface area contributed by atoms with Crippen LogP contribution in [0.1, 0.15) is 24.0 Å². The number of nitrogens with zero attached hydrogens (tertiary/aromatic N) is 4. The molecule has 0 spiro atoms. The number of para-hydroxylation sites is 1. The van der Waals surface area contributed by atoms with Crippen LogP contribution in [0.15, 0.2) is 24.3 Å². The minimum atomic E-state index is 0.381. The number of hydrogen-bond acceptors (Lipinski definition) is 2. The lowest BCUT2D eigenvalue weighted by atomic mass is 10.1. The molecule has 0 bridgehead atoms. The van der Waals surface area contributed by atoms with Gasteiger partial charge >= 0.3 is 0 Å². The number of benzene rings is 1. The summed E-state index contributed by atoms with van der Waals surface area (Å²) in [7, 11) is 1.94. The topological polar surface area (TPSA) is 35.6 Å². The van der Waals surface area contributed by atoms with Crippen molar-refractivity contribution < 1.29 is 0 Å². The second-order valence-corrected chi connectivity index (χ2v) is 5.13. The number of fused-ring (bicyclic) bond motifs is 1. The van der Waals surface area contributed by atoms with Crippen molar-refractivity contribution in [2.24, 2.45) is 7.05 Å². The summed E-state index contributed by atoms with van der Waals surface area (Å²) < 4.78 is 4.00. The molecule has 5 heteroatoms. The molecule has 4 nitrogen and oxygen atoms in total. The van der Waals surface area contributed by atoms with E-state index in [1.54, 1.807) is 0 Å². The number of alkyl halides is 1. The summed E-state index contributed by atoms with van der Waals surface area (Å²) in [5.41, 5.74) is 5.27. The van der Waals surface area contributed by atoms with Crippen LogP contribution >= 0.6 is 11.6 Å².